The van der Waals surface area contributed by atoms with E-state index in [0.29, 0.717) is 45.7 Å². The first-order valence-corrected chi connectivity index (χ1v) is 15.9. The Labute approximate surface area is 258 Å². The molecule has 0 aliphatic carbocycles. The molecule has 1 aliphatic rings. The Morgan fingerprint density at radius 3 is 2.16 bits per heavy atom. The van der Waals surface area contributed by atoms with Gasteiger partial charge in [-0.15, -0.1) is 0 Å². The Balaban J connectivity index is 1.53. The van der Waals surface area contributed by atoms with E-state index in [-0.39, 0.29) is 10.8 Å². The van der Waals surface area contributed by atoms with Crippen LogP contribution >= 0.6 is 0 Å². The molecule has 1 atom stereocenters. The summed E-state index contributed by atoms with van der Waals surface area (Å²) in [6.07, 6.45) is 0. The second kappa shape index (κ2) is 11.8. The van der Waals surface area contributed by atoms with Crippen molar-refractivity contribution in [3.63, 3.8) is 0 Å². The molecule has 4 aromatic rings. The molecule has 44 heavy (non-hydrogen) atoms. The minimum absolute atomic E-state index is 0.0591. The van der Waals surface area contributed by atoms with Crippen molar-refractivity contribution in [1.29, 1.82) is 0 Å². The summed E-state index contributed by atoms with van der Waals surface area (Å²) in [6, 6.07) is 18.3. The van der Waals surface area contributed by atoms with E-state index in [1.807, 2.05) is 44.0 Å². The van der Waals surface area contributed by atoms with Gasteiger partial charge in [0, 0.05) is 46.6 Å². The van der Waals surface area contributed by atoms with Crippen LogP contribution in [0.25, 0.3) is 0 Å². The summed E-state index contributed by atoms with van der Waals surface area (Å²) < 4.78 is 54.6. The maximum Gasteiger partial charge on any atom is 0.238 e. The zero-order valence-corrected chi connectivity index (χ0v) is 26.0. The number of sulfonamides is 1. The number of anilines is 8. The van der Waals surface area contributed by atoms with E-state index in [1.54, 1.807) is 43.3 Å². The van der Waals surface area contributed by atoms with E-state index in [9.17, 15) is 17.2 Å². The maximum atomic E-state index is 11.9. The van der Waals surface area contributed by atoms with Crippen molar-refractivity contribution < 1.29 is 21.9 Å². The smallest absolute Gasteiger partial charge is 0.238 e. The highest BCUT2D eigenvalue weighted by Crippen LogP contribution is 2.42. The number of hydrogen-bond acceptors (Lipinski definition) is 11. The predicted octanol–water partition coefficient (Wildman–Crippen LogP) is 4.99. The van der Waals surface area contributed by atoms with Gasteiger partial charge in [0.05, 0.1) is 16.3 Å². The average Bonchev–Trinajstić information content (AvgIpc) is 2.94. The van der Waals surface area contributed by atoms with Gasteiger partial charge in [-0.1, -0.05) is 18.7 Å². The van der Waals surface area contributed by atoms with E-state index in [4.69, 9.17) is 9.88 Å². The fourth-order valence-electron chi connectivity index (χ4n) is 4.55. The molecule has 0 amide bonds. The van der Waals surface area contributed by atoms with Crippen LogP contribution in [0, 0.1) is 6.92 Å². The van der Waals surface area contributed by atoms with Crippen molar-refractivity contribution >= 4 is 67.3 Å². The van der Waals surface area contributed by atoms with Crippen molar-refractivity contribution in [3.8, 4) is 5.75 Å². The quantitative estimate of drug-likeness (QED) is 0.156. The van der Waals surface area contributed by atoms with Gasteiger partial charge in [0.15, 0.2) is 0 Å². The Morgan fingerprint density at radius 1 is 0.932 bits per heavy atom. The third-order valence-electron chi connectivity index (χ3n) is 6.94. The Bertz CT molecular complexity index is 1900. The molecule has 0 bridgehead atoms. The highest BCUT2D eigenvalue weighted by Gasteiger charge is 2.34. The summed E-state index contributed by atoms with van der Waals surface area (Å²) >= 11 is -2.49. The van der Waals surface area contributed by atoms with E-state index in [1.165, 1.54) is 12.1 Å². The van der Waals surface area contributed by atoms with Gasteiger partial charge in [-0.3, -0.25) is 4.21 Å². The number of likely N-dealkylation sites (N-methyl/N-ethyl adjacent to an activating group) is 1. The third-order valence-corrected chi connectivity index (χ3v) is 8.25. The molecular weight excluding hydrogens is 605 g/mol. The van der Waals surface area contributed by atoms with Gasteiger partial charge in [0.2, 0.25) is 16.0 Å². The summed E-state index contributed by atoms with van der Waals surface area (Å²) in [5.74, 6) is 1.70. The number of benzene rings is 3. The second-order valence-corrected chi connectivity index (χ2v) is 12.8. The zero-order valence-electron chi connectivity index (χ0n) is 24.3. The summed E-state index contributed by atoms with van der Waals surface area (Å²) in [4.78, 5) is 11.3. The second-order valence-electron chi connectivity index (χ2n) is 10.5. The molecular formula is C29H31N8O5S2-. The number of fused-ring (bicyclic) bond motifs is 1. The van der Waals surface area contributed by atoms with Crippen molar-refractivity contribution in [2.75, 3.05) is 32.6 Å². The van der Waals surface area contributed by atoms with Crippen LogP contribution in [0.3, 0.4) is 0 Å². The number of nitrogens with zero attached hydrogens (tertiary/aromatic N) is 3. The maximum absolute atomic E-state index is 11.9. The molecule has 5 rings (SSSR count). The van der Waals surface area contributed by atoms with Crippen LogP contribution in [0.5, 0.6) is 5.75 Å². The van der Waals surface area contributed by atoms with Crippen LogP contribution in [-0.2, 0) is 21.3 Å². The van der Waals surface area contributed by atoms with E-state index >= 15 is 0 Å². The van der Waals surface area contributed by atoms with Crippen LogP contribution in [-0.4, -0.2) is 39.8 Å². The van der Waals surface area contributed by atoms with E-state index in [2.05, 4.69) is 37.2 Å². The predicted molar refractivity (Wildman–Crippen MR) is 172 cm³/mol. The van der Waals surface area contributed by atoms with Gasteiger partial charge in [-0.05, 0) is 75.4 Å². The zero-order chi connectivity index (χ0) is 31.8. The molecule has 0 spiro atoms. The lowest BCUT2D eigenvalue weighted by atomic mass is 10.0. The fourth-order valence-corrected chi connectivity index (χ4v) is 5.43. The van der Waals surface area contributed by atoms with Gasteiger partial charge in [-0.2, -0.15) is 9.97 Å². The molecule has 1 aromatic heterocycles. The highest BCUT2D eigenvalue weighted by atomic mass is 32.2. The van der Waals surface area contributed by atoms with Crippen molar-refractivity contribution in [2.45, 2.75) is 31.3 Å². The monoisotopic (exact) mass is 635 g/mol. The largest absolute Gasteiger partial charge is 0.755 e. The van der Waals surface area contributed by atoms with Crippen LogP contribution in [0.2, 0.25) is 0 Å². The number of hydrogen-bond donors (Lipinski definition) is 5. The fraction of sp³-hybridized carbons (Fsp3) is 0.172. The summed E-state index contributed by atoms with van der Waals surface area (Å²) in [7, 11) is -2.01. The van der Waals surface area contributed by atoms with Gasteiger partial charge < -0.3 is 34.9 Å². The first kappa shape index (κ1) is 30.7. The molecule has 0 saturated carbocycles. The van der Waals surface area contributed by atoms with Crippen LogP contribution in [0.1, 0.15) is 19.4 Å². The molecule has 6 N–H and O–H groups in total. The summed E-state index contributed by atoms with van der Waals surface area (Å²) in [5, 5.41) is 14.9. The van der Waals surface area contributed by atoms with Crippen LogP contribution < -0.4 is 35.4 Å². The van der Waals surface area contributed by atoms with Gasteiger partial charge >= 0.3 is 0 Å². The Hall–Kier alpha value is -4.70. The lowest BCUT2D eigenvalue weighted by Gasteiger charge is -2.41. The van der Waals surface area contributed by atoms with Crippen molar-refractivity contribution in [2.24, 2.45) is 5.14 Å². The van der Waals surface area contributed by atoms with Crippen LogP contribution in [0.15, 0.2) is 83.9 Å². The van der Waals surface area contributed by atoms with Gasteiger partial charge in [0.25, 0.3) is 0 Å². The molecule has 0 fully saturated rings. The molecule has 1 unspecified atom stereocenters. The van der Waals surface area contributed by atoms with Crippen molar-refractivity contribution in [1.82, 2.24) is 9.97 Å². The standard InChI is InChI=1S/C29H32N8O5S2/c1-17-26(31-19-8-6-10-22(14-19)36-43(38)39)34-28(35-27(17)32-20-9-7-11-23(15-20)44(30,40)41)33-21-12-13-25-24(16-21)37(5)18(2)29(3,4)42-25/h6-16,36H,2H2,1,3-5H3,(H,38,39)(H2,30,40,41)(H3,31,32,33,34,35)/p-1. The van der Waals surface area contributed by atoms with Crippen molar-refractivity contribution in [3.05, 3.63) is 84.6 Å². The number of rotatable bonds is 9. The molecule has 3 aromatic carbocycles. The SMILES string of the molecule is C=C1N(C)c2cc(Nc3nc(Nc4cccc(NS(=O)[O-])c4)c(C)c(Nc4cccc(S(N)(=O)=O)c4)n3)ccc2OC1(C)C. The summed E-state index contributed by atoms with van der Waals surface area (Å²) in [5.41, 5.74) is 3.67. The lowest BCUT2D eigenvalue weighted by Crippen LogP contribution is -2.42. The molecule has 2 heterocycles. The Morgan fingerprint density at radius 2 is 1.52 bits per heavy atom. The van der Waals surface area contributed by atoms with E-state index < -0.39 is 26.9 Å². The first-order chi connectivity index (χ1) is 20.7. The Kier molecular flexibility index (Phi) is 8.22. The third kappa shape index (κ3) is 6.75. The lowest BCUT2D eigenvalue weighted by molar-refractivity contribution is 0.138. The average molecular weight is 636 g/mol. The molecule has 15 heteroatoms. The molecule has 0 radical (unpaired) electrons. The number of primary sulfonamides is 1. The summed E-state index contributed by atoms with van der Waals surface area (Å²) in [6.45, 7) is 9.86. The molecule has 0 saturated heterocycles. The van der Waals surface area contributed by atoms with E-state index in [0.717, 1.165) is 11.4 Å². The normalized spacial score (nSPS) is 14.7. The molecule has 1 aliphatic heterocycles. The van der Waals surface area contributed by atoms with Crippen LogP contribution in [0.4, 0.5) is 46.0 Å². The first-order valence-electron chi connectivity index (χ1n) is 13.2. The number of ether oxygens (including phenoxy) is 1. The molecule has 230 valence electrons. The highest BCUT2D eigenvalue weighted by molar-refractivity contribution is 7.89. The minimum Gasteiger partial charge on any atom is -0.755 e. The number of aromatic nitrogens is 2. The topological polar surface area (TPSA) is 187 Å². The number of nitrogens with two attached hydrogens (primary N) is 1. The minimum atomic E-state index is -3.93. The molecule has 13 nitrogen and oxygen atoms in total. The van der Waals surface area contributed by atoms with Gasteiger partial charge in [-0.25, -0.2) is 13.6 Å². The number of nitrogens with one attached hydrogen (secondary N) is 4. The van der Waals surface area contributed by atoms with Gasteiger partial charge in [0.1, 0.15) is 23.0 Å².